The summed E-state index contributed by atoms with van der Waals surface area (Å²) in [6, 6.07) is 18.3. The highest BCUT2D eigenvalue weighted by Crippen LogP contribution is 2.33. The van der Waals surface area contributed by atoms with E-state index in [-0.39, 0.29) is 23.3 Å². The molecule has 45 heavy (non-hydrogen) atoms. The zero-order valence-corrected chi connectivity index (χ0v) is 25.6. The van der Waals surface area contributed by atoms with Crippen LogP contribution in [-0.4, -0.2) is 91.8 Å². The van der Waals surface area contributed by atoms with Crippen molar-refractivity contribution in [2.24, 2.45) is 0 Å². The highest BCUT2D eigenvalue weighted by molar-refractivity contribution is 7.21. The summed E-state index contributed by atoms with van der Waals surface area (Å²) in [6.07, 6.45) is 1.36. The summed E-state index contributed by atoms with van der Waals surface area (Å²) in [5, 5.41) is 10.2. The number of alkyl halides is 1. The maximum Gasteiger partial charge on any atom is 0.435 e. The third-order valence-corrected chi connectivity index (χ3v) is 9.07. The number of aromatic nitrogens is 2. The normalized spacial score (nSPS) is 16.1. The Balaban J connectivity index is 1.25. The molecule has 0 aliphatic carbocycles. The van der Waals surface area contributed by atoms with E-state index in [1.807, 2.05) is 42.5 Å². The van der Waals surface area contributed by atoms with E-state index >= 15 is 0 Å². The molecule has 2 N–H and O–H groups in total. The highest BCUT2D eigenvalue weighted by atomic mass is 32.1. The van der Waals surface area contributed by atoms with E-state index in [1.54, 1.807) is 18.2 Å². The average Bonchev–Trinajstić information content (AvgIpc) is 3.83. The first-order valence-electron chi connectivity index (χ1n) is 15.1. The van der Waals surface area contributed by atoms with Crippen LogP contribution in [0.5, 0.6) is 0 Å². The van der Waals surface area contributed by atoms with E-state index in [2.05, 4.69) is 25.5 Å². The van der Waals surface area contributed by atoms with Crippen LogP contribution in [0, 0.1) is 0 Å². The fourth-order valence-corrected chi connectivity index (χ4v) is 6.61. The van der Waals surface area contributed by atoms with Crippen molar-refractivity contribution in [3.05, 3.63) is 76.7 Å². The van der Waals surface area contributed by atoms with E-state index in [1.165, 1.54) is 0 Å². The van der Waals surface area contributed by atoms with Crippen molar-refractivity contribution in [2.45, 2.75) is 18.9 Å². The minimum Gasteiger partial charge on any atom is -0.445 e. The van der Waals surface area contributed by atoms with Gasteiger partial charge in [-0.05, 0) is 61.8 Å². The Bertz CT molecular complexity index is 1630. The van der Waals surface area contributed by atoms with Crippen LogP contribution in [0.3, 0.4) is 0 Å². The highest BCUT2D eigenvalue weighted by Gasteiger charge is 2.26. The number of benzene rings is 2. The number of carbonyl (C=O) groups is 3. The number of amides is 2. The number of morpholine rings is 1. The largest absolute Gasteiger partial charge is 0.445 e. The van der Waals surface area contributed by atoms with Crippen LogP contribution in [0.15, 0.2) is 60.7 Å². The van der Waals surface area contributed by atoms with Gasteiger partial charge in [-0.3, -0.25) is 9.59 Å². The Hall–Kier alpha value is -4.33. The van der Waals surface area contributed by atoms with Crippen LogP contribution in [0.25, 0.3) is 10.2 Å². The topological polar surface area (TPSA) is 118 Å². The molecule has 4 aromatic rings. The lowest BCUT2D eigenvalue weighted by Crippen LogP contribution is -2.36. The lowest BCUT2D eigenvalue weighted by Gasteiger charge is -2.28. The molecular weight excluding hydrogens is 599 g/mol. The quantitative estimate of drug-likeness (QED) is 0.258. The predicted molar refractivity (Wildman–Crippen MR) is 170 cm³/mol. The summed E-state index contributed by atoms with van der Waals surface area (Å²) in [6.45, 7) is 4.21. The third kappa shape index (κ3) is 7.16. The van der Waals surface area contributed by atoms with E-state index in [4.69, 9.17) is 9.47 Å². The van der Waals surface area contributed by atoms with E-state index < -0.39 is 25.3 Å². The molecule has 0 unspecified atom stereocenters. The number of nitrogens with one attached hydrogen (secondary N) is 2. The van der Waals surface area contributed by atoms with Crippen molar-refractivity contribution < 1.29 is 28.2 Å². The number of hydrogen-bond donors (Lipinski definition) is 2. The average molecular weight is 635 g/mol. The number of carbonyl (C=O) groups excluding carboxylic acids is 3. The third-order valence-electron chi connectivity index (χ3n) is 7.94. The second-order valence-corrected chi connectivity index (χ2v) is 12.0. The van der Waals surface area contributed by atoms with E-state index in [0.29, 0.717) is 34.9 Å². The summed E-state index contributed by atoms with van der Waals surface area (Å²) in [5.74, 6) is -0.643. The Morgan fingerprint density at radius 2 is 1.71 bits per heavy atom. The Kier molecular flexibility index (Phi) is 9.67. The molecule has 2 aliphatic heterocycles. The van der Waals surface area contributed by atoms with Gasteiger partial charge in [0, 0.05) is 30.9 Å². The molecule has 11 nitrogen and oxygen atoms in total. The number of halogens is 1. The number of ether oxygens (including phenoxy) is 2. The molecule has 2 saturated heterocycles. The van der Waals surface area contributed by atoms with Gasteiger partial charge in [0.15, 0.2) is 5.82 Å². The smallest absolute Gasteiger partial charge is 0.435 e. The minimum absolute atomic E-state index is 0.102. The first-order valence-corrected chi connectivity index (χ1v) is 15.9. The van der Waals surface area contributed by atoms with Crippen molar-refractivity contribution in [3.63, 3.8) is 0 Å². The zero-order valence-electron chi connectivity index (χ0n) is 24.7. The molecule has 0 bridgehead atoms. The number of likely N-dealkylation sites (tertiary alicyclic amines) is 1. The SMILES string of the molecule is O=C(Nc1nn(C(=O)OCCF)c2cc(C(=O)N[C@H](CN3CCCC3)c3ccccc3)sc12)c1ccc(N2CCOCC2)cc1. The fourth-order valence-electron chi connectivity index (χ4n) is 5.62. The maximum atomic E-state index is 13.6. The molecule has 2 amide bonds. The van der Waals surface area contributed by atoms with Gasteiger partial charge < -0.3 is 29.9 Å². The number of rotatable bonds is 10. The van der Waals surface area contributed by atoms with Crippen molar-refractivity contribution in [1.82, 2.24) is 20.0 Å². The second-order valence-electron chi connectivity index (χ2n) is 10.9. The molecule has 4 heterocycles. The summed E-state index contributed by atoms with van der Waals surface area (Å²) in [7, 11) is 0. The number of anilines is 2. The van der Waals surface area contributed by atoms with Crippen LogP contribution in [0.1, 0.15) is 44.5 Å². The molecule has 2 aromatic heterocycles. The molecule has 236 valence electrons. The van der Waals surface area contributed by atoms with Crippen molar-refractivity contribution in [1.29, 1.82) is 0 Å². The molecule has 1 atom stereocenters. The molecule has 0 saturated carbocycles. The van der Waals surface area contributed by atoms with Gasteiger partial charge in [0.25, 0.3) is 11.8 Å². The van der Waals surface area contributed by atoms with Gasteiger partial charge >= 0.3 is 6.09 Å². The predicted octanol–water partition coefficient (Wildman–Crippen LogP) is 4.71. The molecule has 2 fully saturated rings. The minimum atomic E-state index is -0.908. The number of fused-ring (bicyclic) bond motifs is 1. The summed E-state index contributed by atoms with van der Waals surface area (Å²) in [4.78, 5) is 44.5. The van der Waals surface area contributed by atoms with Crippen LogP contribution in [-0.2, 0) is 9.47 Å². The summed E-state index contributed by atoms with van der Waals surface area (Å²) >= 11 is 1.11. The van der Waals surface area contributed by atoms with Gasteiger partial charge in [-0.1, -0.05) is 30.3 Å². The molecular formula is C32H35FN6O5S. The van der Waals surface area contributed by atoms with Crippen LogP contribution < -0.4 is 15.5 Å². The van der Waals surface area contributed by atoms with Crippen LogP contribution in [0.2, 0.25) is 0 Å². The number of hydrogen-bond acceptors (Lipinski definition) is 9. The van der Waals surface area contributed by atoms with Gasteiger partial charge in [-0.25, -0.2) is 9.18 Å². The monoisotopic (exact) mass is 634 g/mol. The Morgan fingerprint density at radius 1 is 0.978 bits per heavy atom. The van der Waals surface area contributed by atoms with Gasteiger partial charge in [0.05, 0.1) is 34.3 Å². The molecule has 6 rings (SSSR count). The van der Waals surface area contributed by atoms with Gasteiger partial charge in [-0.2, -0.15) is 4.68 Å². The van der Waals surface area contributed by atoms with Crippen molar-refractivity contribution in [2.75, 3.05) is 69.4 Å². The molecule has 2 aliphatic rings. The zero-order chi connectivity index (χ0) is 31.2. The Labute approximate surface area is 263 Å². The van der Waals surface area contributed by atoms with Crippen LogP contribution >= 0.6 is 11.3 Å². The lowest BCUT2D eigenvalue weighted by atomic mass is 10.1. The van der Waals surface area contributed by atoms with Gasteiger partial charge in [-0.15, -0.1) is 16.4 Å². The molecule has 0 spiro atoms. The van der Waals surface area contributed by atoms with E-state index in [0.717, 1.165) is 66.3 Å². The van der Waals surface area contributed by atoms with Crippen molar-refractivity contribution in [3.8, 4) is 0 Å². The number of nitrogens with zero attached hydrogens (tertiary/aromatic N) is 4. The van der Waals surface area contributed by atoms with E-state index in [9.17, 15) is 18.8 Å². The summed E-state index contributed by atoms with van der Waals surface area (Å²) < 4.78 is 24.6. The van der Waals surface area contributed by atoms with Gasteiger partial charge in [0.1, 0.15) is 13.3 Å². The molecule has 13 heteroatoms. The first-order chi connectivity index (χ1) is 22.0. The lowest BCUT2D eigenvalue weighted by molar-refractivity contribution is 0.0930. The summed E-state index contributed by atoms with van der Waals surface area (Å²) in [5.41, 5.74) is 2.66. The standard InChI is InChI=1S/C32H35FN6O5S/c33-12-17-44-32(42)39-26-20-27(31(41)34-25(21-37-13-4-5-14-37)22-6-2-1-3-7-22)45-28(26)29(36-39)35-30(40)23-8-10-24(11-9-23)38-15-18-43-19-16-38/h1-3,6-11,20,25H,4-5,12-19,21H2,(H,34,41)(H,35,36,40)/t25-/m1/s1. The van der Waals surface area contributed by atoms with Crippen LogP contribution in [0.4, 0.5) is 20.7 Å². The molecule has 0 radical (unpaired) electrons. The Morgan fingerprint density at radius 3 is 2.42 bits per heavy atom. The molecule has 2 aromatic carbocycles. The maximum absolute atomic E-state index is 13.6. The first kappa shape index (κ1) is 30.7. The van der Waals surface area contributed by atoms with Gasteiger partial charge in [0.2, 0.25) is 0 Å². The number of thiophene rings is 1. The second kappa shape index (κ2) is 14.2. The fraction of sp³-hybridized carbons (Fsp3) is 0.375. The van der Waals surface area contributed by atoms with Crippen molar-refractivity contribution >= 4 is 51.0 Å².